The normalized spacial score (nSPS) is 12.3. The maximum atomic E-state index is 13.0. The molecule has 0 aromatic carbocycles. The number of unbranched alkanes of at least 4 members (excludes halogenated alkanes) is 47. The minimum Gasteiger partial charge on any atom is -0.462 e. The van der Waals surface area contributed by atoms with Crippen molar-refractivity contribution in [3.8, 4) is 0 Å². The van der Waals surface area contributed by atoms with E-state index in [1.807, 2.05) is 0 Å². The molecular weight excluding hydrogens is 985 g/mol. The summed E-state index contributed by atoms with van der Waals surface area (Å²) in [5.74, 6) is -0.864. The van der Waals surface area contributed by atoms with Crippen molar-refractivity contribution in [3.63, 3.8) is 0 Å². The number of carbonyl (C=O) groups excluding carboxylic acids is 3. The van der Waals surface area contributed by atoms with E-state index in [-0.39, 0.29) is 31.1 Å². The Balaban J connectivity index is 4.30. The molecule has 0 amide bonds. The first-order valence-electron chi connectivity index (χ1n) is 35.6. The number of hydrogen-bond acceptors (Lipinski definition) is 6. The lowest BCUT2D eigenvalue weighted by Crippen LogP contribution is -2.30. The molecule has 0 spiro atoms. The fourth-order valence-electron chi connectivity index (χ4n) is 10.7. The van der Waals surface area contributed by atoms with Crippen molar-refractivity contribution in [2.45, 2.75) is 393 Å². The van der Waals surface area contributed by atoms with Crippen LogP contribution in [-0.4, -0.2) is 37.2 Å². The van der Waals surface area contributed by atoms with E-state index in [2.05, 4.69) is 69.4 Å². The number of carbonyl (C=O) groups is 3. The van der Waals surface area contributed by atoms with Crippen LogP contribution < -0.4 is 0 Å². The Labute approximate surface area is 498 Å². The van der Waals surface area contributed by atoms with Crippen LogP contribution >= 0.6 is 0 Å². The lowest BCUT2D eigenvalue weighted by Gasteiger charge is -2.18. The van der Waals surface area contributed by atoms with Crippen molar-refractivity contribution < 1.29 is 28.6 Å². The van der Waals surface area contributed by atoms with Crippen LogP contribution in [0.15, 0.2) is 48.6 Å². The molecule has 0 saturated heterocycles. The second-order valence-corrected chi connectivity index (χ2v) is 24.1. The van der Waals surface area contributed by atoms with E-state index in [1.165, 1.54) is 263 Å². The average Bonchev–Trinajstić information content (AvgIpc) is 3.46. The number of esters is 3. The molecule has 0 radical (unpaired) electrons. The van der Waals surface area contributed by atoms with Crippen LogP contribution in [0.3, 0.4) is 0 Å². The Kier molecular flexibility index (Phi) is 66.6. The number of rotatable bonds is 66. The van der Waals surface area contributed by atoms with Gasteiger partial charge in [0.25, 0.3) is 0 Å². The molecule has 468 valence electrons. The Bertz CT molecular complexity index is 1380. The highest BCUT2D eigenvalue weighted by Gasteiger charge is 2.19. The fraction of sp³-hybridized carbons (Fsp3) is 0.851. The second kappa shape index (κ2) is 68.9. The molecule has 0 fully saturated rings. The third-order valence-electron chi connectivity index (χ3n) is 16.1. The Hall–Kier alpha value is -2.63. The molecule has 0 saturated carbocycles. The highest BCUT2D eigenvalue weighted by Crippen LogP contribution is 2.18. The molecular formula is C74H136O6. The predicted octanol–water partition coefficient (Wildman–Crippen LogP) is 24.5. The first kappa shape index (κ1) is 77.4. The van der Waals surface area contributed by atoms with Crippen molar-refractivity contribution in [1.82, 2.24) is 0 Å². The monoisotopic (exact) mass is 1120 g/mol. The number of ether oxygens (including phenoxy) is 3. The summed E-state index contributed by atoms with van der Waals surface area (Å²) in [6.45, 7) is 6.68. The Morgan fingerprint density at radius 1 is 0.250 bits per heavy atom. The van der Waals surface area contributed by atoms with E-state index in [9.17, 15) is 14.4 Å². The second-order valence-electron chi connectivity index (χ2n) is 24.1. The molecule has 0 N–H and O–H groups in total. The van der Waals surface area contributed by atoms with E-state index in [0.717, 1.165) is 83.5 Å². The van der Waals surface area contributed by atoms with Crippen molar-refractivity contribution in [2.24, 2.45) is 0 Å². The van der Waals surface area contributed by atoms with Gasteiger partial charge >= 0.3 is 17.9 Å². The van der Waals surface area contributed by atoms with Crippen LogP contribution in [0, 0.1) is 0 Å². The molecule has 1 unspecified atom stereocenters. The molecule has 0 heterocycles. The van der Waals surface area contributed by atoms with Crippen molar-refractivity contribution in [3.05, 3.63) is 48.6 Å². The van der Waals surface area contributed by atoms with Crippen LogP contribution in [0.5, 0.6) is 0 Å². The molecule has 80 heavy (non-hydrogen) atoms. The molecule has 0 aromatic rings. The summed E-state index contributed by atoms with van der Waals surface area (Å²) in [6, 6.07) is 0. The maximum Gasteiger partial charge on any atom is 0.306 e. The zero-order valence-electron chi connectivity index (χ0n) is 53.9. The van der Waals surface area contributed by atoms with Gasteiger partial charge in [-0.25, -0.2) is 0 Å². The highest BCUT2D eigenvalue weighted by molar-refractivity contribution is 5.71. The summed E-state index contributed by atoms with van der Waals surface area (Å²) < 4.78 is 17.0. The summed E-state index contributed by atoms with van der Waals surface area (Å²) in [5, 5.41) is 0. The standard InChI is InChI=1S/C74H136O6/c1-4-7-10-13-16-19-22-25-28-30-32-34-36-38-39-41-43-46-49-52-55-58-61-64-67-73(76)79-70-71(69-78-72(75)66-63-60-57-54-51-48-45-27-24-21-18-15-12-9-6-3)80-74(77)68-65-62-59-56-53-50-47-44-42-40-37-35-33-31-29-26-23-20-17-14-11-8-5-2/h23,26-27,31,33,37,40,45,71H,4-22,24-25,28-30,32,34-36,38-39,41-44,46-70H2,1-3H3/b26-23-,33-31-,40-37-,45-27-. The van der Waals surface area contributed by atoms with Crippen molar-refractivity contribution in [2.75, 3.05) is 13.2 Å². The lowest BCUT2D eigenvalue weighted by atomic mass is 10.0. The van der Waals surface area contributed by atoms with Crippen LogP contribution in [0.25, 0.3) is 0 Å². The summed E-state index contributed by atoms with van der Waals surface area (Å²) in [5.41, 5.74) is 0. The van der Waals surface area contributed by atoms with Crippen molar-refractivity contribution in [1.29, 1.82) is 0 Å². The maximum absolute atomic E-state index is 13.0. The topological polar surface area (TPSA) is 78.9 Å². The van der Waals surface area contributed by atoms with Gasteiger partial charge in [-0.15, -0.1) is 0 Å². The predicted molar refractivity (Wildman–Crippen MR) is 349 cm³/mol. The minimum absolute atomic E-state index is 0.0747. The highest BCUT2D eigenvalue weighted by atomic mass is 16.6. The summed E-state index contributed by atoms with van der Waals surface area (Å²) >= 11 is 0. The van der Waals surface area contributed by atoms with Crippen molar-refractivity contribution >= 4 is 17.9 Å². The third kappa shape index (κ3) is 66.2. The van der Waals surface area contributed by atoms with Crippen LogP contribution in [0.1, 0.15) is 387 Å². The Morgan fingerprint density at radius 3 is 0.713 bits per heavy atom. The SMILES string of the molecule is CCCCCCC/C=C\C/C=C\C/C=C\CCCCCCCCCCC(=O)OC(COC(=O)CCCCCCC/C=C\CCCCCCCC)COC(=O)CCCCCCCCCCCCCCCCCCCCCCCCCC. The summed E-state index contributed by atoms with van der Waals surface area (Å²) in [4.78, 5) is 38.5. The van der Waals surface area contributed by atoms with Gasteiger partial charge in [0.05, 0.1) is 0 Å². The molecule has 0 rings (SSSR count). The van der Waals surface area contributed by atoms with Gasteiger partial charge < -0.3 is 14.2 Å². The third-order valence-corrected chi connectivity index (χ3v) is 16.1. The van der Waals surface area contributed by atoms with Gasteiger partial charge in [0, 0.05) is 19.3 Å². The molecule has 0 aliphatic rings. The lowest BCUT2D eigenvalue weighted by molar-refractivity contribution is -0.167. The van der Waals surface area contributed by atoms with Gasteiger partial charge in [-0.1, -0.05) is 333 Å². The van der Waals surface area contributed by atoms with Gasteiger partial charge in [0.1, 0.15) is 13.2 Å². The first-order chi connectivity index (χ1) is 39.5. The minimum atomic E-state index is -0.781. The zero-order valence-corrected chi connectivity index (χ0v) is 53.9. The summed E-state index contributed by atoms with van der Waals surface area (Å²) in [7, 11) is 0. The van der Waals surface area contributed by atoms with Gasteiger partial charge in [0.15, 0.2) is 6.10 Å². The average molecular weight is 1120 g/mol. The van der Waals surface area contributed by atoms with Gasteiger partial charge in [-0.2, -0.15) is 0 Å². The molecule has 6 nitrogen and oxygen atoms in total. The zero-order chi connectivity index (χ0) is 57.8. The van der Waals surface area contributed by atoms with Crippen LogP contribution in [0.2, 0.25) is 0 Å². The van der Waals surface area contributed by atoms with Crippen LogP contribution in [0.4, 0.5) is 0 Å². The number of hydrogen-bond donors (Lipinski definition) is 0. The van der Waals surface area contributed by atoms with Gasteiger partial charge in [0.2, 0.25) is 0 Å². The van der Waals surface area contributed by atoms with E-state index in [4.69, 9.17) is 14.2 Å². The van der Waals surface area contributed by atoms with Crippen LogP contribution in [-0.2, 0) is 28.6 Å². The molecule has 0 aromatic heterocycles. The molecule has 6 heteroatoms. The van der Waals surface area contributed by atoms with E-state index in [0.29, 0.717) is 19.3 Å². The number of allylic oxidation sites excluding steroid dienone is 8. The smallest absolute Gasteiger partial charge is 0.306 e. The molecule has 0 aliphatic carbocycles. The molecule has 0 bridgehead atoms. The van der Waals surface area contributed by atoms with Gasteiger partial charge in [-0.05, 0) is 83.5 Å². The quantitative estimate of drug-likeness (QED) is 0.0261. The molecule has 0 aliphatic heterocycles. The van der Waals surface area contributed by atoms with E-state index >= 15 is 0 Å². The Morgan fingerprint density at radius 2 is 0.450 bits per heavy atom. The van der Waals surface area contributed by atoms with E-state index < -0.39 is 6.10 Å². The van der Waals surface area contributed by atoms with E-state index in [1.54, 1.807) is 0 Å². The molecule has 1 atom stereocenters. The first-order valence-corrected chi connectivity index (χ1v) is 35.6. The van der Waals surface area contributed by atoms with Gasteiger partial charge in [-0.3, -0.25) is 14.4 Å². The largest absolute Gasteiger partial charge is 0.462 e. The summed E-state index contributed by atoms with van der Waals surface area (Å²) in [6.07, 6.45) is 87.1. The fourth-order valence-corrected chi connectivity index (χ4v) is 10.7.